The number of hydrogen-bond donors (Lipinski definition) is 0. The molecule has 0 radical (unpaired) electrons. The first kappa shape index (κ1) is 19.5. The molecule has 0 aromatic heterocycles. The maximum absolute atomic E-state index is 12.9. The number of hydrogen-bond acceptors (Lipinski definition) is 2. The van der Waals surface area contributed by atoms with Gasteiger partial charge in [0.25, 0.3) is 0 Å². The van der Waals surface area contributed by atoms with Crippen molar-refractivity contribution in [1.82, 2.24) is 0 Å². The maximum Gasteiger partial charge on any atom is 0.312 e. The zero-order valence-corrected chi connectivity index (χ0v) is 16.1. The van der Waals surface area contributed by atoms with Crippen LogP contribution >= 0.6 is 0 Å². The topological polar surface area (TPSA) is 26.3 Å². The minimum atomic E-state index is -0.463. The van der Waals surface area contributed by atoms with E-state index >= 15 is 0 Å². The molecule has 0 aliphatic heterocycles. The van der Waals surface area contributed by atoms with Crippen molar-refractivity contribution < 1.29 is 9.53 Å². The zero-order valence-electron chi connectivity index (χ0n) is 16.1. The van der Waals surface area contributed by atoms with Crippen molar-refractivity contribution in [2.75, 3.05) is 0 Å². The van der Waals surface area contributed by atoms with E-state index in [0.29, 0.717) is 0 Å². The fraction of sp³-hybridized carbons (Fsp3) is 0.950. The first-order chi connectivity index (χ1) is 10.1. The minimum Gasteiger partial charge on any atom is -0.459 e. The number of carbonyl (C=O) groups excluding carboxylic acids is 1. The van der Waals surface area contributed by atoms with E-state index in [4.69, 9.17) is 4.74 Å². The molecule has 0 bridgehead atoms. The summed E-state index contributed by atoms with van der Waals surface area (Å²) in [6, 6.07) is 0. The molecule has 22 heavy (non-hydrogen) atoms. The summed E-state index contributed by atoms with van der Waals surface area (Å²) in [5, 5.41) is 0. The average Bonchev–Trinajstić information content (AvgIpc) is 2.46. The van der Waals surface area contributed by atoms with E-state index in [9.17, 15) is 4.79 Å². The maximum atomic E-state index is 12.9. The summed E-state index contributed by atoms with van der Waals surface area (Å²) in [5.74, 6) is 0.707. The number of esters is 1. The monoisotopic (exact) mass is 310 g/mol. The highest BCUT2D eigenvalue weighted by molar-refractivity contribution is 5.77. The van der Waals surface area contributed by atoms with Crippen LogP contribution in [0.3, 0.4) is 0 Å². The first-order valence-corrected chi connectivity index (χ1v) is 9.31. The van der Waals surface area contributed by atoms with Gasteiger partial charge in [-0.3, -0.25) is 4.79 Å². The quantitative estimate of drug-likeness (QED) is 0.551. The molecule has 2 heteroatoms. The van der Waals surface area contributed by atoms with Crippen LogP contribution in [-0.2, 0) is 9.53 Å². The largest absolute Gasteiger partial charge is 0.459 e. The molecule has 0 heterocycles. The molecule has 0 atom stereocenters. The Bertz CT molecular complexity index is 352. The van der Waals surface area contributed by atoms with Gasteiger partial charge in [0.2, 0.25) is 0 Å². The first-order valence-electron chi connectivity index (χ1n) is 9.31. The summed E-state index contributed by atoms with van der Waals surface area (Å²) in [5.41, 5.74) is -0.821. The van der Waals surface area contributed by atoms with Crippen LogP contribution in [0.1, 0.15) is 99.8 Å². The second kappa shape index (κ2) is 7.36. The van der Waals surface area contributed by atoms with Gasteiger partial charge in [-0.15, -0.1) is 0 Å². The number of carbonyl (C=O) groups is 1. The molecule has 0 N–H and O–H groups in total. The Morgan fingerprint density at radius 3 is 1.86 bits per heavy atom. The van der Waals surface area contributed by atoms with Gasteiger partial charge in [-0.05, 0) is 44.4 Å². The van der Waals surface area contributed by atoms with Crippen LogP contribution in [0.25, 0.3) is 0 Å². The summed E-state index contributed by atoms with van der Waals surface area (Å²) in [6.45, 7) is 14.7. The van der Waals surface area contributed by atoms with Crippen molar-refractivity contribution in [3.63, 3.8) is 0 Å². The molecule has 0 spiro atoms. The fourth-order valence-corrected chi connectivity index (χ4v) is 3.27. The Morgan fingerprint density at radius 1 is 0.955 bits per heavy atom. The van der Waals surface area contributed by atoms with Crippen molar-refractivity contribution in [3.8, 4) is 0 Å². The zero-order chi connectivity index (χ0) is 17.0. The molecule has 1 aliphatic carbocycles. The molecular formula is C20H38O2. The molecule has 0 aromatic carbocycles. The smallest absolute Gasteiger partial charge is 0.312 e. The highest BCUT2D eigenvalue weighted by atomic mass is 16.6. The van der Waals surface area contributed by atoms with Gasteiger partial charge >= 0.3 is 5.97 Å². The highest BCUT2D eigenvalue weighted by Gasteiger charge is 2.45. The molecule has 130 valence electrons. The normalized spacial score (nSPS) is 18.3. The molecule has 2 nitrogen and oxygen atoms in total. The van der Waals surface area contributed by atoms with Gasteiger partial charge < -0.3 is 4.74 Å². The number of ether oxygens (including phenoxy) is 1. The lowest BCUT2D eigenvalue weighted by molar-refractivity contribution is -0.180. The van der Waals surface area contributed by atoms with E-state index in [-0.39, 0.29) is 17.0 Å². The molecular weight excluding hydrogens is 272 g/mol. The van der Waals surface area contributed by atoms with E-state index < -0.39 is 5.41 Å². The lowest BCUT2D eigenvalue weighted by Crippen LogP contribution is -2.45. The van der Waals surface area contributed by atoms with Crippen LogP contribution in [0.15, 0.2) is 0 Å². The number of rotatable bonds is 6. The van der Waals surface area contributed by atoms with Crippen molar-refractivity contribution >= 4 is 5.97 Å². The van der Waals surface area contributed by atoms with E-state index in [2.05, 4.69) is 34.6 Å². The van der Waals surface area contributed by atoms with Gasteiger partial charge in [-0.1, -0.05) is 66.7 Å². The average molecular weight is 311 g/mol. The Balaban J connectivity index is 2.83. The SMILES string of the molecule is CCC(CC)(CC1CCCCC1)OC(=O)C(C)(C)C(C)(C)C. The van der Waals surface area contributed by atoms with E-state index in [1.165, 1.54) is 32.1 Å². The third kappa shape index (κ3) is 4.49. The van der Waals surface area contributed by atoms with Crippen LogP contribution in [0, 0.1) is 16.7 Å². The van der Waals surface area contributed by atoms with Gasteiger partial charge in [0, 0.05) is 0 Å². The molecule has 1 aliphatic rings. The van der Waals surface area contributed by atoms with Gasteiger partial charge in [0.1, 0.15) is 5.60 Å². The highest BCUT2D eigenvalue weighted by Crippen LogP contribution is 2.42. The molecule has 0 amide bonds. The van der Waals surface area contributed by atoms with E-state index in [1.807, 2.05) is 13.8 Å². The fourth-order valence-electron chi connectivity index (χ4n) is 3.27. The second-order valence-electron chi connectivity index (χ2n) is 8.86. The Kier molecular flexibility index (Phi) is 6.53. The Morgan fingerprint density at radius 2 is 1.45 bits per heavy atom. The summed E-state index contributed by atoms with van der Waals surface area (Å²) >= 11 is 0. The lowest BCUT2D eigenvalue weighted by atomic mass is 9.69. The van der Waals surface area contributed by atoms with Gasteiger partial charge in [0.05, 0.1) is 5.41 Å². The van der Waals surface area contributed by atoms with Crippen molar-refractivity contribution in [2.24, 2.45) is 16.7 Å². The van der Waals surface area contributed by atoms with Gasteiger partial charge in [-0.25, -0.2) is 0 Å². The van der Waals surface area contributed by atoms with Gasteiger partial charge in [-0.2, -0.15) is 0 Å². The third-order valence-electron chi connectivity index (χ3n) is 6.37. The third-order valence-corrected chi connectivity index (χ3v) is 6.37. The van der Waals surface area contributed by atoms with E-state index in [1.54, 1.807) is 0 Å². The molecule has 0 unspecified atom stereocenters. The van der Waals surface area contributed by atoms with Crippen LogP contribution in [0.2, 0.25) is 0 Å². The Hall–Kier alpha value is -0.530. The minimum absolute atomic E-state index is 0.0282. The van der Waals surface area contributed by atoms with Crippen LogP contribution in [0.5, 0.6) is 0 Å². The molecule has 0 saturated heterocycles. The molecule has 1 fully saturated rings. The predicted octanol–water partition coefficient (Wildman–Crippen LogP) is 6.13. The molecule has 1 saturated carbocycles. The van der Waals surface area contributed by atoms with Crippen LogP contribution < -0.4 is 0 Å². The Labute approximate surface area is 138 Å². The molecule has 1 rings (SSSR count). The molecule has 0 aromatic rings. The van der Waals surface area contributed by atoms with Crippen LogP contribution in [0.4, 0.5) is 0 Å². The summed E-state index contributed by atoms with van der Waals surface area (Å²) in [7, 11) is 0. The lowest BCUT2D eigenvalue weighted by Gasteiger charge is -2.42. The summed E-state index contributed by atoms with van der Waals surface area (Å²) in [4.78, 5) is 12.9. The van der Waals surface area contributed by atoms with Crippen molar-refractivity contribution in [2.45, 2.75) is 105 Å². The summed E-state index contributed by atoms with van der Waals surface area (Å²) in [6.07, 6.45) is 9.57. The van der Waals surface area contributed by atoms with Crippen molar-refractivity contribution in [1.29, 1.82) is 0 Å². The summed E-state index contributed by atoms with van der Waals surface area (Å²) < 4.78 is 6.19. The van der Waals surface area contributed by atoms with Crippen LogP contribution in [-0.4, -0.2) is 11.6 Å². The standard InChI is InChI=1S/C20H38O2/c1-8-20(9-2,15-16-13-11-10-12-14-16)22-17(21)19(6,7)18(3,4)5/h16H,8-15H2,1-7H3. The van der Waals surface area contributed by atoms with E-state index in [0.717, 1.165) is 25.2 Å². The van der Waals surface area contributed by atoms with Crippen molar-refractivity contribution in [3.05, 3.63) is 0 Å². The second-order valence-corrected chi connectivity index (χ2v) is 8.86. The van der Waals surface area contributed by atoms with Gasteiger partial charge in [0.15, 0.2) is 0 Å². The predicted molar refractivity (Wildman–Crippen MR) is 93.8 cm³/mol.